The number of rotatable bonds is 1. The van der Waals surface area contributed by atoms with Crippen LogP contribution < -0.4 is 16.0 Å². The van der Waals surface area contributed by atoms with Gasteiger partial charge < -0.3 is 14.6 Å². The third-order valence-electron chi connectivity index (χ3n) is 3.58. The highest BCUT2D eigenvalue weighted by molar-refractivity contribution is 5.85. The molecule has 1 saturated heterocycles. The molecular weight excluding hydrogens is 230 g/mol. The molecule has 0 spiro atoms. The lowest BCUT2D eigenvalue weighted by molar-refractivity contribution is 0.553. The molecule has 0 atom stereocenters. The molecule has 2 aromatic rings. The number of hydrogen-bond donors (Lipinski definition) is 2. The Bertz CT molecular complexity index is 635. The minimum Gasteiger partial charge on any atom is -0.408 e. The van der Waals surface area contributed by atoms with Gasteiger partial charge in [0.05, 0.1) is 5.52 Å². The standard InChI is InChI=1S/C13H17N3O2/c1-8-7-10(16-5-3-14-4-6-16)9(2)11-12(8)18-13(17)15-11/h7,14H,3-6H2,1-2H3,(H,15,17). The molecule has 2 N–H and O–H groups in total. The van der Waals surface area contributed by atoms with Crippen molar-refractivity contribution in [3.8, 4) is 0 Å². The van der Waals surface area contributed by atoms with Crippen molar-refractivity contribution in [3.63, 3.8) is 0 Å². The Kier molecular flexibility index (Phi) is 2.63. The molecule has 0 bridgehead atoms. The van der Waals surface area contributed by atoms with E-state index in [9.17, 15) is 4.79 Å². The lowest BCUT2D eigenvalue weighted by Gasteiger charge is -2.31. The molecule has 1 aliphatic heterocycles. The molecule has 0 unspecified atom stereocenters. The second kappa shape index (κ2) is 4.17. The Morgan fingerprint density at radius 3 is 2.72 bits per heavy atom. The molecule has 1 fully saturated rings. The van der Waals surface area contributed by atoms with Crippen LogP contribution >= 0.6 is 0 Å². The number of anilines is 1. The molecule has 18 heavy (non-hydrogen) atoms. The minimum atomic E-state index is -0.381. The molecule has 0 amide bonds. The van der Waals surface area contributed by atoms with Gasteiger partial charge in [0.15, 0.2) is 5.58 Å². The summed E-state index contributed by atoms with van der Waals surface area (Å²) in [6, 6.07) is 2.11. The smallest absolute Gasteiger partial charge is 0.408 e. The van der Waals surface area contributed by atoms with Crippen molar-refractivity contribution < 1.29 is 4.42 Å². The number of aromatic nitrogens is 1. The van der Waals surface area contributed by atoms with Crippen LogP contribution in [0.1, 0.15) is 11.1 Å². The Hall–Kier alpha value is -1.75. The summed E-state index contributed by atoms with van der Waals surface area (Å²) in [5.41, 5.74) is 4.79. The van der Waals surface area contributed by atoms with Gasteiger partial charge in [0, 0.05) is 31.9 Å². The van der Waals surface area contributed by atoms with Gasteiger partial charge in [0.1, 0.15) is 0 Å². The zero-order chi connectivity index (χ0) is 12.7. The first-order chi connectivity index (χ1) is 8.66. The topological polar surface area (TPSA) is 61.3 Å². The Labute approximate surface area is 105 Å². The quantitative estimate of drug-likeness (QED) is 0.793. The number of fused-ring (bicyclic) bond motifs is 1. The summed E-state index contributed by atoms with van der Waals surface area (Å²) >= 11 is 0. The molecule has 1 aromatic heterocycles. The minimum absolute atomic E-state index is 0.381. The lowest BCUT2D eigenvalue weighted by atomic mass is 10.1. The molecule has 0 aliphatic carbocycles. The molecule has 0 radical (unpaired) electrons. The highest BCUT2D eigenvalue weighted by Crippen LogP contribution is 2.29. The number of oxazole rings is 1. The van der Waals surface area contributed by atoms with Crippen molar-refractivity contribution in [2.24, 2.45) is 0 Å². The number of H-pyrrole nitrogens is 1. The van der Waals surface area contributed by atoms with E-state index in [0.717, 1.165) is 42.8 Å². The van der Waals surface area contributed by atoms with Gasteiger partial charge in [-0.2, -0.15) is 0 Å². The maximum Gasteiger partial charge on any atom is 0.417 e. The van der Waals surface area contributed by atoms with Crippen LogP contribution in [0, 0.1) is 13.8 Å². The van der Waals surface area contributed by atoms with Crippen molar-refractivity contribution in [1.29, 1.82) is 0 Å². The number of nitrogens with one attached hydrogen (secondary N) is 2. The Morgan fingerprint density at radius 2 is 2.00 bits per heavy atom. The maximum absolute atomic E-state index is 11.3. The molecule has 96 valence electrons. The van der Waals surface area contributed by atoms with Gasteiger partial charge in [-0.1, -0.05) is 0 Å². The normalized spacial score (nSPS) is 16.4. The summed E-state index contributed by atoms with van der Waals surface area (Å²) < 4.78 is 5.18. The summed E-state index contributed by atoms with van der Waals surface area (Å²) in [7, 11) is 0. The zero-order valence-electron chi connectivity index (χ0n) is 10.7. The van der Waals surface area contributed by atoms with Crippen LogP contribution in [-0.2, 0) is 0 Å². The van der Waals surface area contributed by atoms with Gasteiger partial charge in [-0.25, -0.2) is 4.79 Å². The number of aromatic amines is 1. The second-order valence-corrected chi connectivity index (χ2v) is 4.79. The third-order valence-corrected chi connectivity index (χ3v) is 3.58. The fourth-order valence-corrected chi connectivity index (χ4v) is 2.61. The van der Waals surface area contributed by atoms with Gasteiger partial charge in [0.25, 0.3) is 0 Å². The predicted octanol–water partition coefficient (Wildman–Crippen LogP) is 1.15. The number of nitrogens with zero attached hydrogens (tertiary/aromatic N) is 1. The SMILES string of the molecule is Cc1c(N2CCNCC2)cc(C)c2oc(=O)[nH]c12. The van der Waals surface area contributed by atoms with Gasteiger partial charge in [0.2, 0.25) is 0 Å². The van der Waals surface area contributed by atoms with Gasteiger partial charge in [-0.3, -0.25) is 4.98 Å². The molecule has 3 rings (SSSR count). The Balaban J connectivity index is 2.17. The lowest BCUT2D eigenvalue weighted by Crippen LogP contribution is -2.43. The summed E-state index contributed by atoms with van der Waals surface area (Å²) in [6.07, 6.45) is 0. The van der Waals surface area contributed by atoms with E-state index in [-0.39, 0.29) is 5.76 Å². The van der Waals surface area contributed by atoms with Crippen LogP contribution in [-0.4, -0.2) is 31.2 Å². The first-order valence-electron chi connectivity index (χ1n) is 6.25. The van der Waals surface area contributed by atoms with Crippen LogP contribution in [0.15, 0.2) is 15.3 Å². The largest absolute Gasteiger partial charge is 0.417 e. The van der Waals surface area contributed by atoms with E-state index in [0.29, 0.717) is 5.58 Å². The first-order valence-corrected chi connectivity index (χ1v) is 6.25. The number of hydrogen-bond acceptors (Lipinski definition) is 4. The van der Waals surface area contributed by atoms with E-state index in [1.54, 1.807) is 0 Å². The van der Waals surface area contributed by atoms with Crippen molar-refractivity contribution in [1.82, 2.24) is 10.3 Å². The van der Waals surface area contributed by atoms with Gasteiger partial charge >= 0.3 is 5.76 Å². The third kappa shape index (κ3) is 1.71. The Morgan fingerprint density at radius 1 is 1.28 bits per heavy atom. The number of aryl methyl sites for hydroxylation is 2. The summed E-state index contributed by atoms with van der Waals surface area (Å²) in [6.45, 7) is 7.99. The predicted molar refractivity (Wildman–Crippen MR) is 71.4 cm³/mol. The molecule has 2 heterocycles. The van der Waals surface area contributed by atoms with E-state index in [2.05, 4.69) is 21.3 Å². The molecular formula is C13H17N3O2. The van der Waals surface area contributed by atoms with E-state index in [1.165, 1.54) is 5.69 Å². The molecule has 5 heteroatoms. The molecule has 1 aromatic carbocycles. The van der Waals surface area contributed by atoms with Crippen LogP contribution in [0.2, 0.25) is 0 Å². The number of piperazine rings is 1. The first kappa shape index (κ1) is 11.3. The average Bonchev–Trinajstić information content (AvgIpc) is 2.78. The van der Waals surface area contributed by atoms with Crippen molar-refractivity contribution in [2.75, 3.05) is 31.1 Å². The van der Waals surface area contributed by atoms with Crippen LogP contribution in [0.25, 0.3) is 11.1 Å². The highest BCUT2D eigenvalue weighted by atomic mass is 16.4. The van der Waals surface area contributed by atoms with E-state index in [4.69, 9.17) is 4.42 Å². The summed E-state index contributed by atoms with van der Waals surface area (Å²) in [5.74, 6) is -0.381. The fraction of sp³-hybridized carbons (Fsp3) is 0.462. The van der Waals surface area contributed by atoms with E-state index >= 15 is 0 Å². The average molecular weight is 247 g/mol. The van der Waals surface area contributed by atoms with Crippen LogP contribution in [0.4, 0.5) is 5.69 Å². The van der Waals surface area contributed by atoms with Crippen molar-refractivity contribution >= 4 is 16.8 Å². The van der Waals surface area contributed by atoms with E-state index in [1.807, 2.05) is 13.8 Å². The molecule has 5 nitrogen and oxygen atoms in total. The highest BCUT2D eigenvalue weighted by Gasteiger charge is 2.17. The summed E-state index contributed by atoms with van der Waals surface area (Å²) in [4.78, 5) is 16.5. The summed E-state index contributed by atoms with van der Waals surface area (Å²) in [5, 5.41) is 3.34. The monoisotopic (exact) mass is 247 g/mol. The van der Waals surface area contributed by atoms with Gasteiger partial charge in [-0.05, 0) is 31.0 Å². The molecule has 0 saturated carbocycles. The van der Waals surface area contributed by atoms with Crippen LogP contribution in [0.3, 0.4) is 0 Å². The van der Waals surface area contributed by atoms with E-state index < -0.39 is 0 Å². The van der Waals surface area contributed by atoms with Gasteiger partial charge in [-0.15, -0.1) is 0 Å². The maximum atomic E-state index is 11.3. The van der Waals surface area contributed by atoms with Crippen molar-refractivity contribution in [3.05, 3.63) is 27.7 Å². The molecule has 1 aliphatic rings. The zero-order valence-corrected chi connectivity index (χ0v) is 10.7. The fourth-order valence-electron chi connectivity index (χ4n) is 2.61. The van der Waals surface area contributed by atoms with Crippen molar-refractivity contribution in [2.45, 2.75) is 13.8 Å². The second-order valence-electron chi connectivity index (χ2n) is 4.79. The van der Waals surface area contributed by atoms with Crippen LogP contribution in [0.5, 0.6) is 0 Å². The number of benzene rings is 1.